The van der Waals surface area contributed by atoms with Crippen LogP contribution in [0, 0.1) is 0 Å². The monoisotopic (exact) mass is 368 g/mol. The fraction of sp³-hybridized carbons (Fsp3) is 0.200. The van der Waals surface area contributed by atoms with Gasteiger partial charge in [-0.3, -0.25) is 4.79 Å². The Kier molecular flexibility index (Phi) is 4.19. The lowest BCUT2D eigenvalue weighted by Crippen LogP contribution is -2.17. The zero-order valence-corrected chi connectivity index (χ0v) is 14.5. The largest absolute Gasteiger partial charge is 0.508 e. The molecule has 1 N–H and O–H groups in total. The number of aromatic hydroxyl groups is 1. The van der Waals surface area contributed by atoms with Gasteiger partial charge in [-0.15, -0.1) is 0 Å². The number of fused-ring (bicyclic) bond motifs is 2. The van der Waals surface area contributed by atoms with Crippen molar-refractivity contribution in [2.75, 3.05) is 19.8 Å². The van der Waals surface area contributed by atoms with Crippen molar-refractivity contribution in [3.63, 3.8) is 0 Å². The smallest absolute Gasteiger partial charge is 0.375 e. The van der Waals surface area contributed by atoms with Gasteiger partial charge in [-0.2, -0.15) is 0 Å². The highest BCUT2D eigenvalue weighted by molar-refractivity contribution is 5.98. The number of phenols is 1. The van der Waals surface area contributed by atoms with Gasteiger partial charge in [-0.25, -0.2) is 4.79 Å². The Morgan fingerprint density at radius 3 is 2.67 bits per heavy atom. The van der Waals surface area contributed by atoms with Crippen LogP contribution in [0.25, 0.3) is 22.1 Å². The maximum Gasteiger partial charge on any atom is 0.375 e. The van der Waals surface area contributed by atoms with Gasteiger partial charge in [0.25, 0.3) is 0 Å². The third kappa shape index (κ3) is 2.97. The molecule has 7 nitrogen and oxygen atoms in total. The van der Waals surface area contributed by atoms with Gasteiger partial charge >= 0.3 is 5.97 Å². The van der Waals surface area contributed by atoms with Gasteiger partial charge in [0.15, 0.2) is 11.5 Å². The average Bonchev–Trinajstić information content (AvgIpc) is 2.67. The number of esters is 1. The number of rotatable bonds is 3. The zero-order valence-electron chi connectivity index (χ0n) is 14.5. The molecule has 2 aromatic carbocycles. The molecule has 0 saturated heterocycles. The number of hydrogen-bond acceptors (Lipinski definition) is 7. The van der Waals surface area contributed by atoms with Crippen molar-refractivity contribution in [2.24, 2.45) is 0 Å². The van der Waals surface area contributed by atoms with Crippen LogP contribution in [0.15, 0.2) is 45.6 Å². The van der Waals surface area contributed by atoms with E-state index in [9.17, 15) is 14.7 Å². The van der Waals surface area contributed by atoms with Crippen molar-refractivity contribution in [1.29, 1.82) is 0 Å². The predicted octanol–water partition coefficient (Wildman–Crippen LogP) is 3.11. The minimum Gasteiger partial charge on any atom is -0.508 e. The van der Waals surface area contributed by atoms with Crippen molar-refractivity contribution < 1.29 is 28.5 Å². The molecule has 0 fully saturated rings. The van der Waals surface area contributed by atoms with Gasteiger partial charge in [-0.05, 0) is 36.8 Å². The SMILES string of the molecule is CCOC(=O)c1oc2cc(O)ccc2c(=O)c1-c1ccc2c(c1)OCCO2. The van der Waals surface area contributed by atoms with Crippen molar-refractivity contribution in [3.05, 3.63) is 52.4 Å². The molecule has 0 spiro atoms. The molecule has 0 saturated carbocycles. The van der Waals surface area contributed by atoms with E-state index < -0.39 is 11.4 Å². The van der Waals surface area contributed by atoms with E-state index in [0.29, 0.717) is 30.3 Å². The molecule has 1 aliphatic heterocycles. The molecule has 7 heteroatoms. The summed E-state index contributed by atoms with van der Waals surface area (Å²) in [5.74, 6) is -0.00885. The maximum atomic E-state index is 13.1. The predicted molar refractivity (Wildman–Crippen MR) is 96.5 cm³/mol. The Bertz CT molecular complexity index is 1100. The summed E-state index contributed by atoms with van der Waals surface area (Å²) < 4.78 is 21.8. The number of benzene rings is 2. The lowest BCUT2D eigenvalue weighted by atomic mass is 10.0. The Hall–Kier alpha value is -3.48. The molecule has 0 bridgehead atoms. The van der Waals surface area contributed by atoms with Crippen LogP contribution in [-0.2, 0) is 4.74 Å². The van der Waals surface area contributed by atoms with Crippen LogP contribution in [0.5, 0.6) is 17.2 Å². The van der Waals surface area contributed by atoms with E-state index >= 15 is 0 Å². The Balaban J connectivity index is 1.99. The first-order valence-corrected chi connectivity index (χ1v) is 8.45. The lowest BCUT2D eigenvalue weighted by molar-refractivity contribution is 0.0492. The van der Waals surface area contributed by atoms with Gasteiger partial charge < -0.3 is 23.7 Å². The lowest BCUT2D eigenvalue weighted by Gasteiger charge is -2.19. The van der Waals surface area contributed by atoms with Gasteiger partial charge in [0.1, 0.15) is 24.5 Å². The molecule has 27 heavy (non-hydrogen) atoms. The molecule has 0 radical (unpaired) electrons. The molecule has 0 amide bonds. The minimum absolute atomic E-state index is 0.0728. The minimum atomic E-state index is -0.760. The molecule has 0 aliphatic carbocycles. The summed E-state index contributed by atoms with van der Waals surface area (Å²) in [5, 5.41) is 9.91. The first-order chi connectivity index (χ1) is 13.1. The summed E-state index contributed by atoms with van der Waals surface area (Å²) in [7, 11) is 0. The Labute approximate surface area is 153 Å². The molecular weight excluding hydrogens is 352 g/mol. The number of ether oxygens (including phenoxy) is 3. The van der Waals surface area contributed by atoms with E-state index in [1.807, 2.05) is 0 Å². The highest BCUT2D eigenvalue weighted by Gasteiger charge is 2.24. The quantitative estimate of drug-likeness (QED) is 0.710. The van der Waals surface area contributed by atoms with Crippen molar-refractivity contribution in [1.82, 2.24) is 0 Å². The first kappa shape index (κ1) is 17.0. The summed E-state index contributed by atoms with van der Waals surface area (Å²) in [5.41, 5.74) is 0.218. The second-order valence-electron chi connectivity index (χ2n) is 5.89. The fourth-order valence-electron chi connectivity index (χ4n) is 2.98. The summed E-state index contributed by atoms with van der Waals surface area (Å²) in [6.07, 6.45) is 0. The van der Waals surface area contributed by atoms with Crippen molar-refractivity contribution in [2.45, 2.75) is 6.92 Å². The molecule has 3 aromatic rings. The number of hydrogen-bond donors (Lipinski definition) is 1. The van der Waals surface area contributed by atoms with Gasteiger partial charge in [0.05, 0.1) is 17.6 Å². The third-order valence-electron chi connectivity index (χ3n) is 4.17. The van der Waals surface area contributed by atoms with Crippen LogP contribution in [0.1, 0.15) is 17.5 Å². The molecule has 1 aliphatic rings. The van der Waals surface area contributed by atoms with Gasteiger partial charge in [0.2, 0.25) is 11.2 Å². The first-order valence-electron chi connectivity index (χ1n) is 8.45. The van der Waals surface area contributed by atoms with Crippen LogP contribution in [0.3, 0.4) is 0 Å². The highest BCUT2D eigenvalue weighted by Crippen LogP contribution is 2.35. The van der Waals surface area contributed by atoms with Gasteiger partial charge in [0, 0.05) is 6.07 Å². The molecule has 0 unspecified atom stereocenters. The topological polar surface area (TPSA) is 95.2 Å². The fourth-order valence-corrected chi connectivity index (χ4v) is 2.98. The summed E-state index contributed by atoms with van der Waals surface area (Å²) >= 11 is 0. The molecular formula is C20H16O7. The average molecular weight is 368 g/mol. The Morgan fingerprint density at radius 2 is 1.89 bits per heavy atom. The van der Waals surface area contributed by atoms with Crippen LogP contribution < -0.4 is 14.9 Å². The summed E-state index contributed by atoms with van der Waals surface area (Å²) in [4.78, 5) is 25.6. The second kappa shape index (κ2) is 6.68. The standard InChI is InChI=1S/C20H16O7/c1-2-24-20(23)19-17(11-3-6-14-16(9-11)26-8-7-25-14)18(22)13-5-4-12(21)10-15(13)27-19/h3-6,9-10,21H,2,7-8H2,1H3. The van der Waals surface area contributed by atoms with Crippen LogP contribution in [-0.4, -0.2) is 30.9 Å². The molecule has 1 aromatic heterocycles. The molecule has 4 rings (SSSR count). The van der Waals surface area contributed by atoms with Crippen LogP contribution >= 0.6 is 0 Å². The van der Waals surface area contributed by atoms with Crippen LogP contribution in [0.2, 0.25) is 0 Å². The maximum absolute atomic E-state index is 13.1. The number of carbonyl (C=O) groups excluding carboxylic acids is 1. The van der Waals surface area contributed by atoms with E-state index in [4.69, 9.17) is 18.6 Å². The normalized spacial score (nSPS) is 12.8. The van der Waals surface area contributed by atoms with Crippen molar-refractivity contribution >= 4 is 16.9 Å². The van der Waals surface area contributed by atoms with E-state index in [0.717, 1.165) is 0 Å². The second-order valence-corrected chi connectivity index (χ2v) is 5.89. The van der Waals surface area contributed by atoms with Crippen LogP contribution in [0.4, 0.5) is 0 Å². The van der Waals surface area contributed by atoms with E-state index in [1.165, 1.54) is 18.2 Å². The van der Waals surface area contributed by atoms with Crippen molar-refractivity contribution in [3.8, 4) is 28.4 Å². The Morgan fingerprint density at radius 1 is 1.11 bits per heavy atom. The summed E-state index contributed by atoms with van der Waals surface area (Å²) in [6.45, 7) is 2.63. The van der Waals surface area contributed by atoms with E-state index in [2.05, 4.69) is 0 Å². The van der Waals surface area contributed by atoms with E-state index in [-0.39, 0.29) is 34.6 Å². The summed E-state index contributed by atoms with van der Waals surface area (Å²) in [6, 6.07) is 9.10. The molecule has 138 valence electrons. The number of carbonyl (C=O) groups is 1. The highest BCUT2D eigenvalue weighted by atomic mass is 16.6. The van der Waals surface area contributed by atoms with E-state index in [1.54, 1.807) is 25.1 Å². The zero-order chi connectivity index (χ0) is 19.0. The van der Waals surface area contributed by atoms with Gasteiger partial charge in [-0.1, -0.05) is 6.07 Å². The molecule has 0 atom stereocenters. The molecule has 2 heterocycles. The number of phenolic OH excluding ortho intramolecular Hbond substituents is 1. The third-order valence-corrected chi connectivity index (χ3v) is 4.17.